The van der Waals surface area contributed by atoms with E-state index >= 15 is 0 Å². The molecule has 6 heterocycles. The average molecular weight is 1520 g/mol. The normalized spacial score (nSPS) is 38.5. The van der Waals surface area contributed by atoms with Crippen molar-refractivity contribution in [3.8, 4) is 0 Å². The molecular formula is C62H111N5O37. The summed E-state index contributed by atoms with van der Waals surface area (Å²) in [5.74, 6) is -0.985. The first-order valence-corrected chi connectivity index (χ1v) is 34.8. The van der Waals surface area contributed by atoms with E-state index in [0.29, 0.717) is 51.6 Å². The summed E-state index contributed by atoms with van der Waals surface area (Å²) in [4.78, 5) is 60.2. The van der Waals surface area contributed by atoms with Crippen molar-refractivity contribution in [3.05, 3.63) is 0 Å². The van der Waals surface area contributed by atoms with Crippen LogP contribution in [0.25, 0.3) is 0 Å². The predicted molar refractivity (Wildman–Crippen MR) is 341 cm³/mol. The van der Waals surface area contributed by atoms with Gasteiger partial charge in [0.25, 0.3) is 0 Å². The minimum atomic E-state index is -1.91. The molecule has 0 radical (unpaired) electrons. The monoisotopic (exact) mass is 1520 g/mol. The number of unbranched alkanes of at least 4 members (excludes halogenated alkanes) is 3. The fourth-order valence-corrected chi connectivity index (χ4v) is 11.7. The lowest BCUT2D eigenvalue weighted by molar-refractivity contribution is -0.366. The van der Waals surface area contributed by atoms with Crippen LogP contribution in [0.15, 0.2) is 0 Å². The minimum absolute atomic E-state index is 0.0651. The molecule has 6 aliphatic heterocycles. The summed E-state index contributed by atoms with van der Waals surface area (Å²) in [5, 5.41) is 210. The highest BCUT2D eigenvalue weighted by atomic mass is 16.8. The number of carbonyl (C=O) groups is 5. The van der Waals surface area contributed by atoms with E-state index in [1.165, 1.54) is 6.92 Å². The number of ether oxygens (including phenoxy) is 12. The highest BCUT2D eigenvalue weighted by molar-refractivity contribution is 5.82. The van der Waals surface area contributed by atoms with Crippen LogP contribution in [0.1, 0.15) is 97.3 Å². The lowest BCUT2D eigenvalue weighted by Gasteiger charge is -2.46. The highest BCUT2D eigenvalue weighted by Crippen LogP contribution is 2.34. The Morgan fingerprint density at radius 2 is 0.740 bits per heavy atom. The van der Waals surface area contributed by atoms with Gasteiger partial charge in [0.1, 0.15) is 158 Å². The number of nitrogens with two attached hydrogens (primary N) is 1. The molecule has 0 bridgehead atoms. The molecule has 31 atom stereocenters. The summed E-state index contributed by atoms with van der Waals surface area (Å²) in [7, 11) is 0. The van der Waals surface area contributed by atoms with E-state index in [2.05, 4.69) is 21.5 Å². The number of amides is 3. The third-order valence-corrected chi connectivity index (χ3v) is 18.1. The van der Waals surface area contributed by atoms with Gasteiger partial charge in [0, 0.05) is 45.2 Å². The van der Waals surface area contributed by atoms with E-state index in [1.54, 1.807) is 0 Å². The van der Waals surface area contributed by atoms with E-state index < -0.39 is 230 Å². The van der Waals surface area contributed by atoms with Gasteiger partial charge in [-0.25, -0.2) is 5.43 Å². The number of carbonyl (C=O) groups excluding carboxylic acids is 5. The van der Waals surface area contributed by atoms with Crippen LogP contribution in [0.5, 0.6) is 0 Å². The molecule has 0 aliphatic carbocycles. The Morgan fingerprint density at radius 3 is 1.14 bits per heavy atom. The molecule has 0 aromatic rings. The zero-order valence-electron chi connectivity index (χ0n) is 57.8. The number of rotatable bonds is 41. The topological polar surface area (TPSA) is 675 Å². The summed E-state index contributed by atoms with van der Waals surface area (Å²) in [6.45, 7) is -0.420. The van der Waals surface area contributed by atoms with E-state index in [4.69, 9.17) is 62.6 Å². The van der Waals surface area contributed by atoms with Crippen LogP contribution in [0.4, 0.5) is 0 Å². The zero-order chi connectivity index (χ0) is 77.1. The molecule has 26 N–H and O–H groups in total. The van der Waals surface area contributed by atoms with Crippen molar-refractivity contribution in [1.82, 2.24) is 21.5 Å². The van der Waals surface area contributed by atoms with Gasteiger partial charge in [-0.1, -0.05) is 6.42 Å². The van der Waals surface area contributed by atoms with Crippen LogP contribution in [0.3, 0.4) is 0 Å². The van der Waals surface area contributed by atoms with Crippen molar-refractivity contribution in [3.63, 3.8) is 0 Å². The highest BCUT2D eigenvalue weighted by Gasteiger charge is 2.55. The van der Waals surface area contributed by atoms with Crippen LogP contribution in [0.2, 0.25) is 0 Å². The van der Waals surface area contributed by atoms with E-state index in [9.17, 15) is 126 Å². The Hall–Kier alpha value is -3.61. The van der Waals surface area contributed by atoms with Gasteiger partial charge in [-0.3, -0.25) is 29.4 Å². The molecular weight excluding hydrogens is 1410 g/mol. The van der Waals surface area contributed by atoms with Gasteiger partial charge in [-0.2, -0.15) is 0 Å². The molecule has 0 aromatic carbocycles. The number of hydrogen-bond donors (Lipinski definition) is 25. The molecule has 104 heavy (non-hydrogen) atoms. The lowest BCUT2D eigenvalue weighted by Crippen LogP contribution is -2.65. The zero-order valence-corrected chi connectivity index (χ0v) is 57.8. The molecule has 0 unspecified atom stereocenters. The van der Waals surface area contributed by atoms with Gasteiger partial charge < -0.3 is 175 Å². The van der Waals surface area contributed by atoms with Crippen molar-refractivity contribution in [1.29, 1.82) is 0 Å². The van der Waals surface area contributed by atoms with Crippen LogP contribution >= 0.6 is 0 Å². The van der Waals surface area contributed by atoms with Gasteiger partial charge in [0.05, 0.1) is 58.9 Å². The molecule has 42 nitrogen and oxygen atoms in total. The molecule has 6 rings (SSSR count). The number of nitrogens with one attached hydrogen (secondary N) is 4. The van der Waals surface area contributed by atoms with E-state index in [0.717, 1.165) is 12.8 Å². The quantitative estimate of drug-likeness (QED) is 0.0200. The van der Waals surface area contributed by atoms with Crippen molar-refractivity contribution < 1.29 is 183 Å². The molecule has 3 amide bonds. The van der Waals surface area contributed by atoms with Crippen LogP contribution in [0, 0.1) is 0 Å². The number of ketones is 2. The van der Waals surface area contributed by atoms with E-state index in [-0.39, 0.29) is 81.2 Å². The van der Waals surface area contributed by atoms with Crippen molar-refractivity contribution in [2.75, 3.05) is 72.5 Å². The summed E-state index contributed by atoms with van der Waals surface area (Å²) in [6, 6.07) is -0.528. The molecule has 6 aliphatic rings. The molecule has 0 aromatic heterocycles. The second-order valence-electron chi connectivity index (χ2n) is 25.9. The Kier molecular flexibility index (Phi) is 40.4. The number of Topliss-reactive ketones (excluding diaryl/α,β-unsaturated/α-hetero) is 2. The molecule has 6 fully saturated rings. The van der Waals surface area contributed by atoms with Crippen molar-refractivity contribution >= 4 is 29.3 Å². The minimum Gasteiger partial charge on any atom is -0.394 e. The van der Waals surface area contributed by atoms with Crippen molar-refractivity contribution in [2.24, 2.45) is 5.73 Å². The number of aliphatic hydroxyl groups is 20. The second kappa shape index (κ2) is 46.1. The summed E-state index contributed by atoms with van der Waals surface area (Å²) >= 11 is 0. The molecule has 606 valence electrons. The molecule has 42 heteroatoms. The first-order chi connectivity index (χ1) is 49.5. The fraction of sp³-hybridized carbons (Fsp3) is 0.919. The Balaban J connectivity index is 0.000000378. The van der Waals surface area contributed by atoms with Gasteiger partial charge in [0.15, 0.2) is 37.7 Å². The molecule has 0 spiro atoms. The summed E-state index contributed by atoms with van der Waals surface area (Å²) in [5.41, 5.74) is 10.7. The maximum absolute atomic E-state index is 12.4. The summed E-state index contributed by atoms with van der Waals surface area (Å²) in [6.07, 6.45) is -45.0. The van der Waals surface area contributed by atoms with Gasteiger partial charge in [-0.05, 0) is 65.3 Å². The molecule has 6 saturated heterocycles. The van der Waals surface area contributed by atoms with Crippen LogP contribution < -0.4 is 27.2 Å². The van der Waals surface area contributed by atoms with Gasteiger partial charge >= 0.3 is 0 Å². The lowest BCUT2D eigenvalue weighted by atomic mass is 9.96. The Bertz CT molecular complexity index is 2490. The Morgan fingerprint density at radius 1 is 0.385 bits per heavy atom. The number of aliphatic hydroxyl groups excluding tert-OH is 20. The first-order valence-electron chi connectivity index (χ1n) is 34.8. The number of hydrazine groups is 1. The Labute approximate surface area is 598 Å². The second-order valence-corrected chi connectivity index (χ2v) is 25.9. The third kappa shape index (κ3) is 26.6. The van der Waals surface area contributed by atoms with Crippen LogP contribution in [-0.2, 0) is 80.8 Å². The number of hydrogen-bond acceptors (Lipinski definition) is 39. The molecule has 0 saturated carbocycles. The predicted octanol–water partition coefficient (Wildman–Crippen LogP) is -12.7. The third-order valence-electron chi connectivity index (χ3n) is 18.1. The van der Waals surface area contributed by atoms with Gasteiger partial charge in [0.2, 0.25) is 17.7 Å². The average Bonchev–Trinajstić information content (AvgIpc) is 0.794. The first kappa shape index (κ1) is 91.0. The maximum atomic E-state index is 12.4. The summed E-state index contributed by atoms with van der Waals surface area (Å²) < 4.78 is 66.4. The van der Waals surface area contributed by atoms with E-state index in [1.807, 2.05) is 6.92 Å². The largest absolute Gasteiger partial charge is 0.394 e. The fourth-order valence-electron chi connectivity index (χ4n) is 11.7. The smallest absolute Gasteiger partial charge is 0.234 e. The maximum Gasteiger partial charge on any atom is 0.234 e. The standard InChI is InChI=1S/C33H60N4O19.C29H51NO18/c1-15(40)16(6-4-5-9-34)36-37-21(42)8-3-2-7-20(41)35-10-11-51-32-29(50)30(56-33-28(49)26(47)23(44)18(13-39)54-33)24(45)19(55-32)14-52-31-27(48)25(46)22(43)17(12-38)53-31;1-2-30-17(34)8-4-3-6-13(33)7-5-9-43-28-25(42)26(48-29-24(41)22(39)19(36)15(11-32)46-29)20(37)16(47-28)12-44-27-23(40)21(38)18(35)14(10-31)45-27/h16-19,22-33,36,38-39,43-50H,2-14,34H2,1H3,(H,35,41)(H,37,42);14-16,18-29,31-32,35-42H,2-12H2,1H3,(H,30,34)/t16-,17+,18+,19+,22+,23+,24+,25-,26-,27-,28-,29-,30-,31-,32-,33+;14-,15-,16-,18-,19-,20-,21+,22+,23+,24+,25+,26+,27+,28-,29-/m01/s1. The van der Waals surface area contributed by atoms with Gasteiger partial charge in [-0.15, -0.1) is 0 Å². The van der Waals surface area contributed by atoms with Crippen LogP contribution in [-0.4, -0.2) is 394 Å². The SMILES string of the molecule is CC(=O)[C@H](CCCCN)NNC(=O)CCCCC(=O)NCCO[C@H]1O[C@H](CO[C@H]2O[C@H](CO)[C@@H](O)[C@H](O)[C@@H]2O)[C@@H](O)[C@H](O[C@H]2O[C@H](CO)[C@@H](O)[C@H](O)[C@@H]2O)[C@@H]1O.CCNC(=O)CCCCC(=O)CCCO[C@@H]1O[C@H](CO[C@H]2O[C@H](CO)[C@@H](O)[C@H](O)[C@@H]2O)[C@@H](O)[C@H](O[C@H]2O[C@H](CO)[C@@H](O)[C@H](O)[C@@H]2O)[C@@H]1O. The van der Waals surface area contributed by atoms with Crippen molar-refractivity contribution in [2.45, 2.75) is 288 Å².